The molecule has 1 aliphatic heterocycles. The molecule has 0 aromatic heterocycles. The normalized spacial score (nSPS) is 38.0. The van der Waals surface area contributed by atoms with E-state index in [1.54, 1.807) is 0 Å². The third-order valence-electron chi connectivity index (χ3n) is 4.82. The van der Waals surface area contributed by atoms with Crippen LogP contribution in [0, 0.1) is 11.3 Å². The molecule has 0 bridgehead atoms. The van der Waals surface area contributed by atoms with Crippen molar-refractivity contribution in [2.24, 2.45) is 11.3 Å². The first-order valence-electron chi connectivity index (χ1n) is 6.98. The molecule has 20 heavy (non-hydrogen) atoms. The molecule has 3 rings (SSSR count). The molecule has 1 fully saturated rings. The highest BCUT2D eigenvalue weighted by Gasteiger charge is 2.73. The number of carbonyl (C=O) groups excluding carboxylic acids is 1. The van der Waals surface area contributed by atoms with Gasteiger partial charge in [-0.2, -0.15) is 0 Å². The van der Waals surface area contributed by atoms with Crippen LogP contribution >= 0.6 is 6.04 Å². The molecular formula is C16H19O2PS. The minimum atomic E-state index is -1.82. The van der Waals surface area contributed by atoms with Gasteiger partial charge in [0.2, 0.25) is 0 Å². The second-order valence-corrected chi connectivity index (χ2v) is 10.4. The molecule has 1 saturated carbocycles. The van der Waals surface area contributed by atoms with Crippen molar-refractivity contribution in [3.63, 3.8) is 0 Å². The zero-order valence-corrected chi connectivity index (χ0v) is 13.7. The van der Waals surface area contributed by atoms with E-state index in [4.69, 9.17) is 16.5 Å². The van der Waals surface area contributed by atoms with Crippen LogP contribution in [0.2, 0.25) is 0 Å². The molecule has 4 unspecified atom stereocenters. The van der Waals surface area contributed by atoms with Crippen molar-refractivity contribution in [2.75, 3.05) is 6.61 Å². The fourth-order valence-electron chi connectivity index (χ4n) is 3.60. The maximum Gasteiger partial charge on any atom is 0.310 e. The second kappa shape index (κ2) is 4.54. The Morgan fingerprint density at radius 1 is 1.40 bits per heavy atom. The minimum Gasteiger partial charge on any atom is -0.466 e. The van der Waals surface area contributed by atoms with Gasteiger partial charge in [-0.1, -0.05) is 54.6 Å². The predicted octanol–water partition coefficient (Wildman–Crippen LogP) is 3.28. The van der Waals surface area contributed by atoms with Gasteiger partial charge in [-0.25, -0.2) is 0 Å². The van der Waals surface area contributed by atoms with Gasteiger partial charge in [0.1, 0.15) is 0 Å². The van der Waals surface area contributed by atoms with E-state index in [9.17, 15) is 4.79 Å². The molecule has 0 radical (unpaired) electrons. The van der Waals surface area contributed by atoms with Crippen LogP contribution < -0.4 is 5.30 Å². The van der Waals surface area contributed by atoms with Crippen LogP contribution in [0.5, 0.6) is 0 Å². The Hall–Kier alpha value is -0.920. The van der Waals surface area contributed by atoms with Crippen molar-refractivity contribution >= 4 is 29.1 Å². The third-order valence-corrected chi connectivity index (χ3v) is 9.98. The Bertz CT molecular complexity index is 637. The lowest BCUT2D eigenvalue weighted by Crippen LogP contribution is -2.14. The Labute approximate surface area is 125 Å². The number of hydrogen-bond acceptors (Lipinski definition) is 3. The van der Waals surface area contributed by atoms with E-state index in [2.05, 4.69) is 31.8 Å². The summed E-state index contributed by atoms with van der Waals surface area (Å²) in [6.45, 7) is 6.58. The molecule has 4 atom stereocenters. The molecule has 2 nitrogen and oxygen atoms in total. The van der Waals surface area contributed by atoms with E-state index in [1.807, 2.05) is 25.1 Å². The summed E-state index contributed by atoms with van der Waals surface area (Å²) in [6, 6.07) is 8.46. The van der Waals surface area contributed by atoms with E-state index >= 15 is 0 Å². The van der Waals surface area contributed by atoms with Crippen molar-refractivity contribution in [3.8, 4) is 0 Å². The van der Waals surface area contributed by atoms with Crippen molar-refractivity contribution in [1.82, 2.24) is 0 Å². The second-order valence-electron chi connectivity index (χ2n) is 5.81. The standard InChI is InChI=1S/C16H19O2PS/c1-4-18-15(17)13-14-16(13,3)11(2)10-19(14,20)12-8-6-5-7-9-12/h5-10,13-14H,4H2,1-3H3. The van der Waals surface area contributed by atoms with Crippen molar-refractivity contribution in [1.29, 1.82) is 0 Å². The molecule has 4 heteroatoms. The quantitative estimate of drug-likeness (QED) is 0.633. The molecule has 0 amide bonds. The number of esters is 1. The number of carbonyl (C=O) groups is 1. The molecule has 1 aromatic carbocycles. The van der Waals surface area contributed by atoms with Crippen molar-refractivity contribution in [3.05, 3.63) is 41.7 Å². The van der Waals surface area contributed by atoms with Crippen LogP contribution in [0.15, 0.2) is 41.7 Å². The fourth-order valence-corrected chi connectivity index (χ4v) is 9.53. The topological polar surface area (TPSA) is 26.3 Å². The summed E-state index contributed by atoms with van der Waals surface area (Å²) in [5, 5.41) is 1.22. The molecule has 1 aromatic rings. The summed E-state index contributed by atoms with van der Waals surface area (Å²) < 4.78 is 5.25. The summed E-state index contributed by atoms with van der Waals surface area (Å²) in [5.74, 6) is 2.16. The van der Waals surface area contributed by atoms with Crippen LogP contribution in [0.4, 0.5) is 0 Å². The Morgan fingerprint density at radius 2 is 2.05 bits per heavy atom. The predicted molar refractivity (Wildman–Crippen MR) is 86.1 cm³/mol. The average molecular weight is 306 g/mol. The van der Waals surface area contributed by atoms with Gasteiger partial charge in [0, 0.05) is 17.1 Å². The van der Waals surface area contributed by atoms with E-state index in [-0.39, 0.29) is 23.0 Å². The number of hydrogen-bond donors (Lipinski definition) is 0. The van der Waals surface area contributed by atoms with Crippen LogP contribution in [-0.2, 0) is 21.3 Å². The summed E-state index contributed by atoms with van der Waals surface area (Å²) in [6.07, 6.45) is 0. The molecule has 106 valence electrons. The molecule has 0 saturated heterocycles. The summed E-state index contributed by atoms with van der Waals surface area (Å²) >= 11 is 6.05. The van der Waals surface area contributed by atoms with E-state index in [1.165, 1.54) is 10.9 Å². The van der Waals surface area contributed by atoms with Crippen molar-refractivity contribution < 1.29 is 9.53 Å². The highest BCUT2D eigenvalue weighted by atomic mass is 32.4. The van der Waals surface area contributed by atoms with E-state index < -0.39 is 6.04 Å². The third kappa shape index (κ3) is 1.69. The smallest absolute Gasteiger partial charge is 0.310 e. The Kier molecular flexibility index (Phi) is 3.19. The molecule has 0 spiro atoms. The number of benzene rings is 1. The average Bonchev–Trinajstić information content (AvgIpc) is 3.02. The van der Waals surface area contributed by atoms with Gasteiger partial charge in [-0.05, 0) is 25.0 Å². The molecule has 1 aliphatic carbocycles. The molecule has 1 heterocycles. The largest absolute Gasteiger partial charge is 0.466 e. The van der Waals surface area contributed by atoms with Gasteiger partial charge in [0.25, 0.3) is 0 Å². The van der Waals surface area contributed by atoms with Crippen LogP contribution in [0.1, 0.15) is 20.8 Å². The van der Waals surface area contributed by atoms with Crippen LogP contribution in [-0.4, -0.2) is 18.2 Å². The van der Waals surface area contributed by atoms with Gasteiger partial charge in [-0.3, -0.25) is 4.79 Å². The lowest BCUT2D eigenvalue weighted by molar-refractivity contribution is -0.145. The van der Waals surface area contributed by atoms with Gasteiger partial charge < -0.3 is 4.74 Å². The lowest BCUT2D eigenvalue weighted by Gasteiger charge is -2.17. The highest BCUT2D eigenvalue weighted by molar-refractivity contribution is 8.20. The summed E-state index contributed by atoms with van der Waals surface area (Å²) in [5.41, 5.74) is 1.46. The first-order chi connectivity index (χ1) is 9.46. The van der Waals surface area contributed by atoms with Gasteiger partial charge in [0.05, 0.1) is 12.5 Å². The van der Waals surface area contributed by atoms with Crippen LogP contribution in [0.25, 0.3) is 0 Å². The van der Waals surface area contributed by atoms with Crippen molar-refractivity contribution in [2.45, 2.75) is 26.4 Å². The van der Waals surface area contributed by atoms with Gasteiger partial charge >= 0.3 is 5.97 Å². The number of allylic oxidation sites excluding steroid dienone is 1. The maximum absolute atomic E-state index is 12.2. The van der Waals surface area contributed by atoms with E-state index in [0.29, 0.717) is 6.61 Å². The summed E-state index contributed by atoms with van der Waals surface area (Å²) in [7, 11) is 0. The fraction of sp³-hybridized carbons (Fsp3) is 0.438. The number of ether oxygens (including phenoxy) is 1. The Balaban J connectivity index is 2.01. The first-order valence-corrected chi connectivity index (χ1v) is 9.92. The molecule has 2 aliphatic rings. The zero-order valence-electron chi connectivity index (χ0n) is 12.0. The van der Waals surface area contributed by atoms with Crippen LogP contribution in [0.3, 0.4) is 0 Å². The maximum atomic E-state index is 12.2. The Morgan fingerprint density at radius 3 is 2.65 bits per heavy atom. The van der Waals surface area contributed by atoms with Gasteiger partial charge in [0.15, 0.2) is 0 Å². The minimum absolute atomic E-state index is 0.0431. The van der Waals surface area contributed by atoms with E-state index in [0.717, 1.165) is 0 Å². The lowest BCUT2D eigenvalue weighted by atomic mass is 9.98. The number of fused-ring (bicyclic) bond motifs is 1. The molecule has 0 N–H and O–H groups in total. The summed E-state index contributed by atoms with van der Waals surface area (Å²) in [4.78, 5) is 12.2. The monoisotopic (exact) mass is 306 g/mol. The number of rotatable bonds is 3. The zero-order chi connectivity index (χ0) is 14.5. The first kappa shape index (κ1) is 14.0. The SMILES string of the molecule is CCOC(=O)C1C2C1(C)C(C)=CP2(=S)c1ccccc1. The molecular weight excluding hydrogens is 287 g/mol. The van der Waals surface area contributed by atoms with Gasteiger partial charge in [-0.15, -0.1) is 0 Å². The highest BCUT2D eigenvalue weighted by Crippen LogP contribution is 2.81.